The second kappa shape index (κ2) is 6.93. The number of thiazole rings is 1. The summed E-state index contributed by atoms with van der Waals surface area (Å²) >= 11 is -1.06. The highest BCUT2D eigenvalue weighted by atomic mass is 32.2. The van der Waals surface area contributed by atoms with Gasteiger partial charge in [0.15, 0.2) is 0 Å². The lowest BCUT2D eigenvalue weighted by Gasteiger charge is -1.89. The summed E-state index contributed by atoms with van der Waals surface area (Å²) in [5.41, 5.74) is 0.771. The van der Waals surface area contributed by atoms with Crippen LogP contribution in [0.1, 0.15) is 0 Å². The van der Waals surface area contributed by atoms with Crippen LogP contribution in [-0.4, -0.2) is 18.7 Å². The van der Waals surface area contributed by atoms with Gasteiger partial charge in [-0.2, -0.15) is 4.21 Å². The van der Waals surface area contributed by atoms with Crippen molar-refractivity contribution >= 4 is 32.9 Å². The molecular weight excluding hydrogens is 284 g/mol. The van der Waals surface area contributed by atoms with E-state index in [-0.39, 0.29) is 5.19 Å². The fourth-order valence-corrected chi connectivity index (χ4v) is 2.43. The predicted molar refractivity (Wildman–Crippen MR) is 75.3 cm³/mol. The first-order valence-corrected chi connectivity index (χ1v) is 7.10. The zero-order chi connectivity index (χ0) is 13.5. The van der Waals surface area contributed by atoms with E-state index in [0.717, 1.165) is 10.2 Å². The smallest absolute Gasteiger partial charge is 0.349 e. The fraction of sp³-hybridized carbons (Fsp3) is 0. The van der Waals surface area contributed by atoms with Gasteiger partial charge in [0.1, 0.15) is 0 Å². The van der Waals surface area contributed by atoms with Crippen LogP contribution in [0.15, 0.2) is 54.9 Å². The molecule has 3 aromatic rings. The standard InChI is InChI=1S/C7H5NO3S2.C5H5N/c9-13(10)11-7-8-5-3-1-2-4-6(5)12-7;1-2-4-6-5-3-1/h1-4H,(H,9,10);1-5H. The Morgan fingerprint density at radius 3 is 2.37 bits per heavy atom. The lowest BCUT2D eigenvalue weighted by atomic mass is 10.3. The van der Waals surface area contributed by atoms with E-state index in [2.05, 4.69) is 14.2 Å². The highest BCUT2D eigenvalue weighted by Gasteiger charge is 2.05. The molecule has 0 aliphatic heterocycles. The van der Waals surface area contributed by atoms with Gasteiger partial charge in [0.05, 0.1) is 10.2 Å². The summed E-state index contributed by atoms with van der Waals surface area (Å²) < 4.78 is 24.2. The second-order valence-electron chi connectivity index (χ2n) is 3.27. The zero-order valence-electron chi connectivity index (χ0n) is 9.67. The molecule has 0 radical (unpaired) electrons. The fourth-order valence-electron chi connectivity index (χ4n) is 1.26. The first kappa shape index (κ1) is 13.6. The molecule has 19 heavy (non-hydrogen) atoms. The largest absolute Gasteiger partial charge is 0.359 e. The molecule has 0 spiro atoms. The van der Waals surface area contributed by atoms with E-state index in [1.807, 2.05) is 42.5 Å². The average molecular weight is 294 g/mol. The van der Waals surface area contributed by atoms with Crippen molar-refractivity contribution in [2.24, 2.45) is 0 Å². The quantitative estimate of drug-likeness (QED) is 0.736. The Balaban J connectivity index is 0.000000186. The predicted octanol–water partition coefficient (Wildman–Crippen LogP) is 2.89. The third kappa shape index (κ3) is 4.40. The van der Waals surface area contributed by atoms with Crippen LogP contribution in [0.3, 0.4) is 0 Å². The van der Waals surface area contributed by atoms with Gasteiger partial charge in [-0.3, -0.25) is 9.54 Å². The van der Waals surface area contributed by atoms with Gasteiger partial charge in [0.2, 0.25) is 0 Å². The van der Waals surface area contributed by atoms with Crippen LogP contribution in [0.5, 0.6) is 5.19 Å². The number of pyridine rings is 1. The third-order valence-electron chi connectivity index (χ3n) is 1.98. The summed E-state index contributed by atoms with van der Waals surface area (Å²) in [7, 11) is 0. The summed E-state index contributed by atoms with van der Waals surface area (Å²) in [4.78, 5) is 7.78. The van der Waals surface area contributed by atoms with E-state index in [1.165, 1.54) is 11.3 Å². The number of rotatable bonds is 2. The first-order valence-electron chi connectivity index (χ1n) is 5.25. The number of hydrogen-bond acceptors (Lipinski definition) is 5. The van der Waals surface area contributed by atoms with Crippen molar-refractivity contribution in [1.29, 1.82) is 0 Å². The molecule has 0 saturated heterocycles. The molecule has 0 fully saturated rings. The van der Waals surface area contributed by atoms with Gasteiger partial charge in [-0.05, 0) is 24.3 Å². The Morgan fingerprint density at radius 1 is 1.11 bits per heavy atom. The number of hydrogen-bond donors (Lipinski definition) is 1. The summed E-state index contributed by atoms with van der Waals surface area (Å²) in [6, 6.07) is 13.1. The van der Waals surface area contributed by atoms with Gasteiger partial charge in [-0.15, -0.1) is 0 Å². The van der Waals surface area contributed by atoms with Crippen molar-refractivity contribution in [3.8, 4) is 5.19 Å². The summed E-state index contributed by atoms with van der Waals surface area (Å²) in [5, 5.41) is 0.210. The minimum Gasteiger partial charge on any atom is -0.349 e. The maximum atomic E-state index is 10.3. The lowest BCUT2D eigenvalue weighted by Crippen LogP contribution is -1.96. The second-order valence-corrected chi connectivity index (χ2v) is 4.87. The normalized spacial score (nSPS) is 11.4. The van der Waals surface area contributed by atoms with E-state index in [1.54, 1.807) is 12.4 Å². The number of para-hydroxylation sites is 1. The number of nitrogens with zero attached hydrogens (tertiary/aromatic N) is 2. The van der Waals surface area contributed by atoms with Crippen LogP contribution in [0.4, 0.5) is 0 Å². The molecule has 0 aliphatic carbocycles. The maximum absolute atomic E-state index is 10.3. The van der Waals surface area contributed by atoms with Gasteiger partial charge >= 0.3 is 11.4 Å². The topological polar surface area (TPSA) is 72.3 Å². The molecule has 1 aromatic carbocycles. The monoisotopic (exact) mass is 294 g/mol. The number of fused-ring (bicyclic) bond motifs is 1. The summed E-state index contributed by atoms with van der Waals surface area (Å²) in [6.45, 7) is 0. The van der Waals surface area contributed by atoms with Gasteiger partial charge in [0.25, 0.3) is 5.19 Å². The van der Waals surface area contributed by atoms with E-state index in [0.29, 0.717) is 0 Å². The zero-order valence-corrected chi connectivity index (χ0v) is 11.3. The maximum Gasteiger partial charge on any atom is 0.359 e. The number of aromatic nitrogens is 2. The minimum absolute atomic E-state index is 0.210. The van der Waals surface area contributed by atoms with Crippen molar-refractivity contribution in [3.63, 3.8) is 0 Å². The van der Waals surface area contributed by atoms with E-state index < -0.39 is 11.4 Å². The molecule has 2 aromatic heterocycles. The summed E-state index contributed by atoms with van der Waals surface area (Å²) in [6.07, 6.45) is 3.50. The minimum atomic E-state index is -2.30. The van der Waals surface area contributed by atoms with E-state index >= 15 is 0 Å². The summed E-state index contributed by atoms with van der Waals surface area (Å²) in [5.74, 6) is 0. The van der Waals surface area contributed by atoms with Crippen LogP contribution in [-0.2, 0) is 11.4 Å². The van der Waals surface area contributed by atoms with Gasteiger partial charge in [-0.1, -0.05) is 29.5 Å². The van der Waals surface area contributed by atoms with Crippen LogP contribution < -0.4 is 4.18 Å². The van der Waals surface area contributed by atoms with Crippen molar-refractivity contribution in [1.82, 2.24) is 9.97 Å². The molecule has 0 bridgehead atoms. The van der Waals surface area contributed by atoms with Crippen LogP contribution in [0.2, 0.25) is 0 Å². The molecule has 0 aliphatic rings. The Labute approximate surface area is 116 Å². The van der Waals surface area contributed by atoms with E-state index in [4.69, 9.17) is 4.55 Å². The molecule has 98 valence electrons. The van der Waals surface area contributed by atoms with E-state index in [9.17, 15) is 4.21 Å². The Kier molecular flexibility index (Phi) is 4.96. The molecule has 1 unspecified atom stereocenters. The van der Waals surface area contributed by atoms with Crippen LogP contribution in [0.25, 0.3) is 10.2 Å². The first-order chi connectivity index (χ1) is 9.25. The van der Waals surface area contributed by atoms with Crippen molar-refractivity contribution in [3.05, 3.63) is 54.9 Å². The molecule has 0 amide bonds. The van der Waals surface area contributed by atoms with Gasteiger partial charge in [-0.25, -0.2) is 4.98 Å². The Morgan fingerprint density at radius 2 is 1.84 bits per heavy atom. The highest BCUT2D eigenvalue weighted by molar-refractivity contribution is 7.74. The Hall–Kier alpha value is -1.83. The molecular formula is C12H10N2O3S2. The molecule has 2 heterocycles. The molecule has 5 nitrogen and oxygen atoms in total. The van der Waals surface area contributed by atoms with Crippen molar-refractivity contribution in [2.45, 2.75) is 0 Å². The van der Waals surface area contributed by atoms with Gasteiger partial charge in [0, 0.05) is 12.4 Å². The SMILES string of the molecule is O=S(O)Oc1nc2ccccc2s1.c1ccncc1. The van der Waals surface area contributed by atoms with Crippen LogP contribution in [0, 0.1) is 0 Å². The number of benzene rings is 1. The molecule has 7 heteroatoms. The van der Waals surface area contributed by atoms with Crippen molar-refractivity contribution < 1.29 is 12.9 Å². The molecule has 0 saturated carbocycles. The highest BCUT2D eigenvalue weighted by Crippen LogP contribution is 2.27. The molecule has 3 rings (SSSR count). The molecule has 1 N–H and O–H groups in total. The Bertz CT molecular complexity index is 598. The molecule has 1 atom stereocenters. The van der Waals surface area contributed by atoms with Gasteiger partial charge < -0.3 is 4.18 Å². The average Bonchev–Trinajstić information content (AvgIpc) is 2.82. The third-order valence-corrected chi connectivity index (χ3v) is 3.30. The van der Waals surface area contributed by atoms with Crippen molar-refractivity contribution in [2.75, 3.05) is 0 Å². The lowest BCUT2D eigenvalue weighted by molar-refractivity contribution is 0.457. The van der Waals surface area contributed by atoms with Crippen LogP contribution >= 0.6 is 11.3 Å².